The number of sulfonamides is 1. The van der Waals surface area contributed by atoms with E-state index in [1.165, 1.54) is 10.6 Å². The third-order valence-corrected chi connectivity index (χ3v) is 7.89. The molecule has 5 aromatic rings. The largest absolute Gasteiger partial charge is 0.494 e. The molecule has 1 heterocycles. The normalized spacial score (nSPS) is 12.2. The van der Waals surface area contributed by atoms with Crippen LogP contribution in [0.2, 0.25) is 0 Å². The van der Waals surface area contributed by atoms with Gasteiger partial charge >= 0.3 is 0 Å². The highest BCUT2D eigenvalue weighted by molar-refractivity contribution is 7.92. The standard InChI is InChI=1S/C32H32N4O3S/c1-35(2)20-21-36(40(3,38)39)27-17-15-26(16-18-27)33-31(24-12-8-5-9-13-24)30-28-19-14-25(22-29(28)34-32(30)37)23-10-6-4-7-11-23/h4-19,22,34,37H,20-21H2,1-3H3. The molecule has 0 amide bonds. The molecule has 1 aromatic heterocycles. The second-order valence-corrected chi connectivity index (χ2v) is 11.9. The zero-order valence-corrected chi connectivity index (χ0v) is 23.6. The summed E-state index contributed by atoms with van der Waals surface area (Å²) < 4.78 is 26.3. The summed E-state index contributed by atoms with van der Waals surface area (Å²) in [5, 5.41) is 12.0. The lowest BCUT2D eigenvalue weighted by atomic mass is 9.98. The van der Waals surface area contributed by atoms with Gasteiger partial charge in [0, 0.05) is 29.6 Å². The van der Waals surface area contributed by atoms with E-state index in [1.54, 1.807) is 24.3 Å². The number of nitrogens with one attached hydrogen (secondary N) is 1. The first kappa shape index (κ1) is 27.2. The summed E-state index contributed by atoms with van der Waals surface area (Å²) in [6.45, 7) is 0.939. The molecule has 0 bridgehead atoms. The summed E-state index contributed by atoms with van der Waals surface area (Å²) in [6, 6.07) is 33.0. The zero-order chi connectivity index (χ0) is 28.3. The minimum atomic E-state index is -3.45. The van der Waals surface area contributed by atoms with Gasteiger partial charge in [-0.3, -0.25) is 4.31 Å². The Kier molecular flexibility index (Phi) is 7.73. The van der Waals surface area contributed by atoms with E-state index >= 15 is 0 Å². The SMILES string of the molecule is CN(C)CCN(c1ccc(N=C(c2ccccc2)c2c(O)[nH]c3cc(-c4ccccc4)ccc23)cc1)S(C)(=O)=O. The van der Waals surface area contributed by atoms with Crippen LogP contribution in [0, 0.1) is 0 Å². The molecule has 0 aliphatic rings. The summed E-state index contributed by atoms with van der Waals surface area (Å²) in [7, 11) is 0.369. The van der Waals surface area contributed by atoms with Crippen molar-refractivity contribution >= 4 is 38.0 Å². The Bertz CT molecular complexity index is 1750. The number of hydrogen-bond donors (Lipinski definition) is 2. The van der Waals surface area contributed by atoms with E-state index in [2.05, 4.69) is 17.1 Å². The van der Waals surface area contributed by atoms with Gasteiger partial charge in [-0.05, 0) is 55.6 Å². The number of rotatable bonds is 9. The van der Waals surface area contributed by atoms with Gasteiger partial charge in [0.05, 0.1) is 28.9 Å². The third-order valence-electron chi connectivity index (χ3n) is 6.70. The van der Waals surface area contributed by atoms with Gasteiger partial charge in [-0.2, -0.15) is 0 Å². The summed E-state index contributed by atoms with van der Waals surface area (Å²) >= 11 is 0. The lowest BCUT2D eigenvalue weighted by Gasteiger charge is -2.24. The first-order valence-corrected chi connectivity index (χ1v) is 14.8. The number of aliphatic imine (C=N–C) groups is 1. The molecule has 7 nitrogen and oxygen atoms in total. The molecule has 2 N–H and O–H groups in total. The van der Waals surface area contributed by atoms with Gasteiger partial charge in [0.25, 0.3) is 0 Å². The first-order chi connectivity index (χ1) is 19.2. The van der Waals surface area contributed by atoms with Gasteiger partial charge in [0.1, 0.15) is 0 Å². The van der Waals surface area contributed by atoms with Crippen molar-refractivity contribution in [2.24, 2.45) is 4.99 Å². The van der Waals surface area contributed by atoms with Crippen LogP contribution in [-0.2, 0) is 10.0 Å². The molecule has 0 radical (unpaired) electrons. The van der Waals surface area contributed by atoms with E-state index < -0.39 is 10.0 Å². The average molecular weight is 553 g/mol. The molecule has 204 valence electrons. The third kappa shape index (κ3) is 5.93. The first-order valence-electron chi connectivity index (χ1n) is 13.0. The smallest absolute Gasteiger partial charge is 0.232 e. The van der Waals surface area contributed by atoms with Crippen LogP contribution < -0.4 is 4.31 Å². The van der Waals surface area contributed by atoms with Crippen LogP contribution in [-0.4, -0.2) is 62.6 Å². The van der Waals surface area contributed by atoms with Crippen LogP contribution in [0.25, 0.3) is 22.0 Å². The van der Waals surface area contributed by atoms with E-state index in [4.69, 9.17) is 4.99 Å². The number of aromatic nitrogens is 1. The molecule has 0 aliphatic carbocycles. The highest BCUT2D eigenvalue weighted by Crippen LogP contribution is 2.34. The maximum Gasteiger partial charge on any atom is 0.232 e. The number of H-pyrrole nitrogens is 1. The Morgan fingerprint density at radius 1 is 0.825 bits per heavy atom. The molecule has 0 fully saturated rings. The molecule has 5 rings (SSSR count). The average Bonchev–Trinajstić information content (AvgIpc) is 3.27. The Balaban J connectivity index is 1.57. The quantitative estimate of drug-likeness (QED) is 0.218. The summed E-state index contributed by atoms with van der Waals surface area (Å²) in [4.78, 5) is 10.0. The Labute approximate surface area is 235 Å². The number of nitrogens with zero attached hydrogens (tertiary/aromatic N) is 3. The minimum absolute atomic E-state index is 0.0337. The van der Waals surface area contributed by atoms with E-state index in [9.17, 15) is 13.5 Å². The molecule has 0 aliphatic heterocycles. The van der Waals surface area contributed by atoms with Crippen molar-refractivity contribution in [1.29, 1.82) is 0 Å². The predicted molar refractivity (Wildman–Crippen MR) is 164 cm³/mol. The highest BCUT2D eigenvalue weighted by atomic mass is 32.2. The molecule has 0 atom stereocenters. The van der Waals surface area contributed by atoms with E-state index in [0.717, 1.165) is 27.6 Å². The monoisotopic (exact) mass is 552 g/mol. The van der Waals surface area contributed by atoms with Crippen LogP contribution in [0.15, 0.2) is 108 Å². The maximum absolute atomic E-state index is 12.5. The fourth-order valence-electron chi connectivity index (χ4n) is 4.69. The second kappa shape index (κ2) is 11.4. The van der Waals surface area contributed by atoms with Crippen LogP contribution in [0.3, 0.4) is 0 Å². The van der Waals surface area contributed by atoms with Crippen molar-refractivity contribution in [2.75, 3.05) is 37.7 Å². The lowest BCUT2D eigenvalue weighted by molar-refractivity contribution is 0.419. The number of benzene rings is 4. The molecular weight excluding hydrogens is 520 g/mol. The van der Waals surface area contributed by atoms with Gasteiger partial charge in [0.15, 0.2) is 5.88 Å². The number of hydrogen-bond acceptors (Lipinski definition) is 5. The summed E-state index contributed by atoms with van der Waals surface area (Å²) in [5.74, 6) is 0.0337. The Hall–Kier alpha value is -4.40. The van der Waals surface area contributed by atoms with Crippen LogP contribution >= 0.6 is 0 Å². The predicted octanol–water partition coefficient (Wildman–Crippen LogP) is 6.04. The van der Waals surface area contributed by atoms with Crippen molar-refractivity contribution in [3.05, 3.63) is 114 Å². The molecular formula is C32H32N4O3S. The lowest BCUT2D eigenvalue weighted by Crippen LogP contribution is -2.35. The summed E-state index contributed by atoms with van der Waals surface area (Å²) in [5.41, 5.74) is 6.21. The number of likely N-dealkylation sites (N-methyl/N-ethyl adjacent to an activating group) is 1. The van der Waals surface area contributed by atoms with Crippen molar-refractivity contribution in [2.45, 2.75) is 0 Å². The van der Waals surface area contributed by atoms with Crippen LogP contribution in [0.4, 0.5) is 11.4 Å². The summed E-state index contributed by atoms with van der Waals surface area (Å²) in [6.07, 6.45) is 1.21. The van der Waals surface area contributed by atoms with Gasteiger partial charge in [-0.1, -0.05) is 72.8 Å². The molecule has 4 aromatic carbocycles. The van der Waals surface area contributed by atoms with Gasteiger partial charge in [-0.25, -0.2) is 13.4 Å². The van der Waals surface area contributed by atoms with Crippen molar-refractivity contribution < 1.29 is 13.5 Å². The molecule has 0 saturated carbocycles. The maximum atomic E-state index is 12.5. The Morgan fingerprint density at radius 2 is 1.48 bits per heavy atom. The minimum Gasteiger partial charge on any atom is -0.494 e. The van der Waals surface area contributed by atoms with Crippen molar-refractivity contribution in [3.63, 3.8) is 0 Å². The molecule has 0 saturated heterocycles. The fraction of sp³-hybridized carbons (Fsp3) is 0.156. The highest BCUT2D eigenvalue weighted by Gasteiger charge is 2.20. The topological polar surface area (TPSA) is 89.0 Å². The number of fused-ring (bicyclic) bond motifs is 1. The molecule has 8 heteroatoms. The van der Waals surface area contributed by atoms with E-state index in [-0.39, 0.29) is 5.88 Å². The van der Waals surface area contributed by atoms with E-state index in [0.29, 0.717) is 35.7 Å². The van der Waals surface area contributed by atoms with Crippen molar-refractivity contribution in [3.8, 4) is 17.0 Å². The van der Waals surface area contributed by atoms with Gasteiger partial charge < -0.3 is 15.0 Å². The van der Waals surface area contributed by atoms with Gasteiger partial charge in [0.2, 0.25) is 10.0 Å². The fourth-order valence-corrected chi connectivity index (χ4v) is 5.61. The zero-order valence-electron chi connectivity index (χ0n) is 22.7. The molecule has 0 unspecified atom stereocenters. The molecule has 0 spiro atoms. The second-order valence-electron chi connectivity index (χ2n) is 9.96. The van der Waals surface area contributed by atoms with Crippen LogP contribution in [0.1, 0.15) is 11.1 Å². The van der Waals surface area contributed by atoms with E-state index in [1.807, 2.05) is 85.7 Å². The van der Waals surface area contributed by atoms with Gasteiger partial charge in [-0.15, -0.1) is 0 Å². The number of anilines is 1. The van der Waals surface area contributed by atoms with Crippen molar-refractivity contribution in [1.82, 2.24) is 9.88 Å². The Morgan fingerprint density at radius 3 is 2.10 bits per heavy atom. The number of aromatic hydroxyl groups is 1. The van der Waals surface area contributed by atoms with Crippen LogP contribution in [0.5, 0.6) is 5.88 Å². The number of aromatic amines is 1. The molecule has 40 heavy (non-hydrogen) atoms.